The van der Waals surface area contributed by atoms with Crippen LogP contribution in [0.4, 0.5) is 0 Å². The summed E-state index contributed by atoms with van der Waals surface area (Å²) in [6.07, 6.45) is 3.69. The van der Waals surface area contributed by atoms with E-state index in [9.17, 15) is 0 Å². The minimum Gasteiger partial charge on any atom is -0.509 e. The van der Waals surface area contributed by atoms with Gasteiger partial charge in [-0.05, 0) is 47.2 Å². The van der Waals surface area contributed by atoms with E-state index in [0.29, 0.717) is 11.5 Å². The SMILES string of the molecule is [Pt+2].[c-]1c(Oc2[c-]c3c(cc2)c2ccc4c5ccccc5sc4c2n3-c2ccccn2)ccc2c3ccc4c5ccccc5sc4c3n(-c3ccccn3)c12. The van der Waals surface area contributed by atoms with Gasteiger partial charge in [-0.3, -0.25) is 0 Å². The number of rotatable bonds is 4. The van der Waals surface area contributed by atoms with Gasteiger partial charge in [0, 0.05) is 54.8 Å². The number of nitrogens with zero attached hydrogens (tertiary/aromatic N) is 4. The second kappa shape index (κ2) is 12.1. The summed E-state index contributed by atoms with van der Waals surface area (Å²) in [4.78, 5) is 9.63. The Balaban J connectivity index is 0.00000341. The summed E-state index contributed by atoms with van der Waals surface area (Å²) in [5.74, 6) is 2.89. The molecule has 6 aromatic heterocycles. The second-order valence-electron chi connectivity index (χ2n) is 13.2. The first-order chi connectivity index (χ1) is 26.3. The molecule has 0 spiro atoms. The fourth-order valence-electron chi connectivity index (χ4n) is 8.03. The zero-order valence-electron chi connectivity index (χ0n) is 28.2. The van der Waals surface area contributed by atoms with E-state index in [2.05, 4.69) is 118 Å². The Labute approximate surface area is 330 Å². The number of thiophene rings is 2. The quantitative estimate of drug-likeness (QED) is 0.165. The normalized spacial score (nSPS) is 11.9. The molecule has 54 heavy (non-hydrogen) atoms. The predicted octanol–water partition coefficient (Wildman–Crippen LogP) is 12.8. The Kier molecular flexibility index (Phi) is 7.08. The molecule has 6 heterocycles. The molecule has 0 fully saturated rings. The van der Waals surface area contributed by atoms with Crippen LogP contribution in [0.1, 0.15) is 0 Å². The van der Waals surface area contributed by atoms with Gasteiger partial charge in [0.05, 0.1) is 20.4 Å². The molecule has 0 saturated heterocycles. The van der Waals surface area contributed by atoms with Gasteiger partial charge in [0.1, 0.15) is 11.6 Å². The average molecular weight is 908 g/mol. The molecule has 0 aliphatic heterocycles. The van der Waals surface area contributed by atoms with Crippen molar-refractivity contribution in [3.8, 4) is 23.1 Å². The molecule has 0 N–H and O–H groups in total. The monoisotopic (exact) mass is 907 g/mol. The summed E-state index contributed by atoms with van der Waals surface area (Å²) in [5.41, 5.74) is 4.09. The zero-order chi connectivity index (χ0) is 34.6. The Hall–Kier alpha value is -5.85. The van der Waals surface area contributed by atoms with Crippen molar-refractivity contribution in [3.05, 3.63) is 158 Å². The Bertz CT molecular complexity index is 3210. The third-order valence-corrected chi connectivity index (χ3v) is 12.7. The first-order valence-corrected chi connectivity index (χ1v) is 19.0. The van der Waals surface area contributed by atoms with E-state index < -0.39 is 0 Å². The number of ether oxygens (including phenoxy) is 1. The summed E-state index contributed by atoms with van der Waals surface area (Å²) in [6, 6.07) is 53.9. The van der Waals surface area contributed by atoms with Crippen LogP contribution in [0.3, 0.4) is 0 Å². The minimum absolute atomic E-state index is 0. The van der Waals surface area contributed by atoms with Crippen molar-refractivity contribution in [2.45, 2.75) is 0 Å². The summed E-state index contributed by atoms with van der Waals surface area (Å²) >= 11 is 3.64. The third-order valence-electron chi connectivity index (χ3n) is 10.3. The van der Waals surface area contributed by atoms with Gasteiger partial charge in [-0.2, -0.15) is 12.1 Å². The molecule has 0 aliphatic rings. The molecule has 6 aromatic carbocycles. The largest absolute Gasteiger partial charge is 2.00 e. The summed E-state index contributed by atoms with van der Waals surface area (Å²) < 4.78 is 16.1. The Morgan fingerprint density at radius 3 is 1.31 bits per heavy atom. The maximum absolute atomic E-state index is 6.67. The molecule has 0 atom stereocenters. The molecule has 0 bridgehead atoms. The molecule has 0 radical (unpaired) electrons. The van der Waals surface area contributed by atoms with Gasteiger partial charge in [0.2, 0.25) is 0 Å². The van der Waals surface area contributed by atoms with Crippen molar-refractivity contribution >= 4 is 107 Å². The molecule has 0 saturated carbocycles. The van der Waals surface area contributed by atoms with Crippen LogP contribution in [0, 0.1) is 12.1 Å². The fourth-order valence-corrected chi connectivity index (χ4v) is 10.5. The summed E-state index contributed by atoms with van der Waals surface area (Å²) in [7, 11) is 0. The smallest absolute Gasteiger partial charge is 0.509 e. The maximum atomic E-state index is 6.67. The standard InChI is InChI=1S/C46H24N4OS2.Pt/c1-3-11-39-31(9-1)35-21-19-33-29-17-15-27(25-37(29)49(43(33)45(35)52-39)41-13-5-7-23-47-41)51-28-16-18-30-34-20-22-36-32-10-2-4-12-40(32)53-46(36)44(34)50(38(30)26-28)42-14-6-8-24-48-42;/h1-24H;/q-2;+2. The van der Waals surface area contributed by atoms with Crippen LogP contribution in [0.5, 0.6) is 11.5 Å². The minimum atomic E-state index is 0. The Morgan fingerprint density at radius 1 is 0.426 bits per heavy atom. The number of hydrogen-bond acceptors (Lipinski definition) is 5. The summed E-state index contributed by atoms with van der Waals surface area (Å²) in [6.45, 7) is 0. The van der Waals surface area contributed by atoms with Gasteiger partial charge in [0.25, 0.3) is 0 Å². The number of fused-ring (bicyclic) bond motifs is 14. The molecule has 12 rings (SSSR count). The first-order valence-electron chi connectivity index (χ1n) is 17.4. The van der Waals surface area contributed by atoms with E-state index in [-0.39, 0.29) is 21.1 Å². The molecule has 12 aromatic rings. The van der Waals surface area contributed by atoms with E-state index in [1.54, 1.807) is 0 Å². The van der Waals surface area contributed by atoms with Crippen molar-refractivity contribution in [1.82, 2.24) is 19.1 Å². The number of hydrogen-bond donors (Lipinski definition) is 0. The van der Waals surface area contributed by atoms with Crippen molar-refractivity contribution in [3.63, 3.8) is 0 Å². The molecular formula is C46H24N4OPtS2. The van der Waals surface area contributed by atoms with Crippen molar-refractivity contribution in [1.29, 1.82) is 0 Å². The van der Waals surface area contributed by atoms with Crippen molar-refractivity contribution in [2.75, 3.05) is 0 Å². The van der Waals surface area contributed by atoms with E-state index in [1.165, 1.54) is 40.3 Å². The zero-order valence-corrected chi connectivity index (χ0v) is 32.1. The van der Waals surface area contributed by atoms with Gasteiger partial charge < -0.3 is 13.9 Å². The van der Waals surface area contributed by atoms with Gasteiger partial charge in [-0.25, -0.2) is 9.97 Å². The molecule has 8 heteroatoms. The van der Waals surface area contributed by atoms with Crippen LogP contribution in [0.15, 0.2) is 146 Å². The molecular weight excluding hydrogens is 884 g/mol. The van der Waals surface area contributed by atoms with Crippen molar-refractivity contribution in [2.24, 2.45) is 0 Å². The summed E-state index contributed by atoms with van der Waals surface area (Å²) in [5, 5.41) is 9.53. The Morgan fingerprint density at radius 2 is 0.852 bits per heavy atom. The van der Waals surface area contributed by atoms with E-state index in [0.717, 1.165) is 55.2 Å². The first kappa shape index (κ1) is 31.7. The van der Waals surface area contributed by atoms with Crippen LogP contribution < -0.4 is 4.74 Å². The van der Waals surface area contributed by atoms with Crippen LogP contribution in [-0.2, 0) is 21.1 Å². The van der Waals surface area contributed by atoms with E-state index >= 15 is 0 Å². The average Bonchev–Trinajstić information content (AvgIpc) is 3.96. The van der Waals surface area contributed by atoms with Gasteiger partial charge >= 0.3 is 21.1 Å². The fraction of sp³-hybridized carbons (Fsp3) is 0. The van der Waals surface area contributed by atoms with Crippen LogP contribution in [0.2, 0.25) is 0 Å². The van der Waals surface area contributed by atoms with E-state index in [1.807, 2.05) is 71.5 Å². The number of pyridine rings is 2. The van der Waals surface area contributed by atoms with Gasteiger partial charge in [-0.15, -0.1) is 57.7 Å². The number of benzene rings is 6. The molecule has 256 valence electrons. The van der Waals surface area contributed by atoms with Gasteiger partial charge in [-0.1, -0.05) is 83.8 Å². The number of aromatic nitrogens is 4. The van der Waals surface area contributed by atoms with Crippen molar-refractivity contribution < 1.29 is 25.8 Å². The third kappa shape index (κ3) is 4.53. The molecule has 0 unspecified atom stereocenters. The van der Waals surface area contributed by atoms with Crippen LogP contribution in [0.25, 0.3) is 95.6 Å². The predicted molar refractivity (Wildman–Crippen MR) is 221 cm³/mol. The maximum Gasteiger partial charge on any atom is 2.00 e. The molecule has 0 amide bonds. The van der Waals surface area contributed by atoms with Crippen LogP contribution in [-0.4, -0.2) is 19.1 Å². The van der Waals surface area contributed by atoms with E-state index in [4.69, 9.17) is 14.7 Å². The second-order valence-corrected chi connectivity index (χ2v) is 15.3. The molecule has 5 nitrogen and oxygen atoms in total. The topological polar surface area (TPSA) is 44.9 Å². The molecule has 0 aliphatic carbocycles. The van der Waals surface area contributed by atoms with Crippen LogP contribution >= 0.6 is 22.7 Å². The van der Waals surface area contributed by atoms with Gasteiger partial charge in [0.15, 0.2) is 0 Å².